The molecule has 23 heavy (non-hydrogen) atoms. The third kappa shape index (κ3) is 4.04. The molecule has 3 amide bonds. The molecule has 120 valence electrons. The molecule has 8 heteroatoms. The second kappa shape index (κ2) is 7.19. The predicted octanol–water partition coefficient (Wildman–Crippen LogP) is 2.02. The highest BCUT2D eigenvalue weighted by atomic mass is 32.1. The summed E-state index contributed by atoms with van der Waals surface area (Å²) in [4.78, 5) is 25.8. The summed E-state index contributed by atoms with van der Waals surface area (Å²) in [6.07, 6.45) is 1.45. The summed E-state index contributed by atoms with van der Waals surface area (Å²) in [5.41, 5.74) is 2.51. The first-order valence-electron chi connectivity index (χ1n) is 7.39. The third-order valence-electron chi connectivity index (χ3n) is 3.66. The van der Waals surface area contributed by atoms with E-state index in [1.54, 1.807) is 10.4 Å². The molecule has 0 aliphatic carbocycles. The molecule has 0 unspecified atom stereocenters. The first kappa shape index (κ1) is 15.4. The minimum atomic E-state index is -0.359. The van der Waals surface area contributed by atoms with Crippen molar-refractivity contribution in [2.45, 2.75) is 18.9 Å². The van der Waals surface area contributed by atoms with Crippen molar-refractivity contribution in [3.63, 3.8) is 0 Å². The minimum Gasteiger partial charge on any atom is -0.340 e. The van der Waals surface area contributed by atoms with Crippen molar-refractivity contribution in [2.75, 3.05) is 18.4 Å². The van der Waals surface area contributed by atoms with Crippen molar-refractivity contribution >= 4 is 28.4 Å². The number of rotatable bonds is 5. The Balaban J connectivity index is 1.69. The van der Waals surface area contributed by atoms with Crippen molar-refractivity contribution in [2.24, 2.45) is 0 Å². The number of nitrogens with zero attached hydrogens (tertiary/aromatic N) is 3. The molecule has 2 aromatic rings. The number of carbonyl (C=O) groups is 2. The van der Waals surface area contributed by atoms with E-state index in [9.17, 15) is 9.59 Å². The van der Waals surface area contributed by atoms with Crippen LogP contribution in [0.4, 0.5) is 9.93 Å². The first-order valence-corrected chi connectivity index (χ1v) is 8.27. The topological polar surface area (TPSA) is 87.2 Å². The van der Waals surface area contributed by atoms with E-state index in [4.69, 9.17) is 0 Å². The van der Waals surface area contributed by atoms with Gasteiger partial charge in [0.15, 0.2) is 0 Å². The Morgan fingerprint density at radius 2 is 2.17 bits per heavy atom. The summed E-state index contributed by atoms with van der Waals surface area (Å²) in [6, 6.07) is 9.00. The normalized spacial score (nSPS) is 15.5. The molecular weight excluding hydrogens is 314 g/mol. The van der Waals surface area contributed by atoms with Gasteiger partial charge in [0.25, 0.3) is 0 Å². The van der Waals surface area contributed by atoms with Crippen molar-refractivity contribution < 1.29 is 9.59 Å². The van der Waals surface area contributed by atoms with Crippen LogP contribution >= 0.6 is 11.3 Å². The maximum atomic E-state index is 12.2. The lowest BCUT2D eigenvalue weighted by Gasteiger charge is -2.25. The monoisotopic (exact) mass is 331 g/mol. The summed E-state index contributed by atoms with van der Waals surface area (Å²) in [6.45, 7) is 1.20. The lowest BCUT2D eigenvalue weighted by molar-refractivity contribution is -0.128. The average molecular weight is 331 g/mol. The molecule has 1 aromatic heterocycles. The lowest BCUT2D eigenvalue weighted by atomic mass is 10.1. The number of carbonyl (C=O) groups excluding carboxylic acids is 2. The fraction of sp³-hybridized carbons (Fsp3) is 0.333. The summed E-state index contributed by atoms with van der Waals surface area (Å²) >= 11 is 1.25. The molecular formula is C15H17N5O2S. The van der Waals surface area contributed by atoms with E-state index in [0.29, 0.717) is 18.1 Å². The Morgan fingerprint density at radius 3 is 2.83 bits per heavy atom. The molecule has 2 N–H and O–H groups in total. The molecule has 0 saturated carbocycles. The van der Waals surface area contributed by atoms with Crippen molar-refractivity contribution in [3.8, 4) is 0 Å². The Labute approximate surface area is 137 Å². The number of anilines is 1. The van der Waals surface area contributed by atoms with Gasteiger partial charge in [-0.25, -0.2) is 4.79 Å². The SMILES string of the molecule is O=C(Nc1nncs1)N[C@H](CN1CCCC1=O)c1ccccc1. The van der Waals surface area contributed by atoms with Crippen molar-refractivity contribution in [1.82, 2.24) is 20.4 Å². The zero-order valence-electron chi connectivity index (χ0n) is 12.4. The van der Waals surface area contributed by atoms with Crippen LogP contribution in [-0.4, -0.2) is 40.1 Å². The van der Waals surface area contributed by atoms with Gasteiger partial charge in [0, 0.05) is 19.5 Å². The van der Waals surface area contributed by atoms with Crippen LogP contribution < -0.4 is 10.6 Å². The number of hydrogen-bond acceptors (Lipinski definition) is 5. The van der Waals surface area contributed by atoms with Gasteiger partial charge in [-0.15, -0.1) is 10.2 Å². The van der Waals surface area contributed by atoms with Gasteiger partial charge in [0.05, 0.1) is 6.04 Å². The number of hydrogen-bond donors (Lipinski definition) is 2. The fourth-order valence-corrected chi connectivity index (χ4v) is 3.00. The number of amides is 3. The van der Waals surface area contributed by atoms with Gasteiger partial charge in [-0.3, -0.25) is 10.1 Å². The number of nitrogens with one attached hydrogen (secondary N) is 2. The van der Waals surface area contributed by atoms with E-state index in [1.807, 2.05) is 30.3 Å². The van der Waals surface area contributed by atoms with Crippen LogP contribution in [0.1, 0.15) is 24.4 Å². The molecule has 0 bridgehead atoms. The van der Waals surface area contributed by atoms with Crippen LogP contribution in [0.15, 0.2) is 35.8 Å². The van der Waals surface area contributed by atoms with Crippen LogP contribution in [0.5, 0.6) is 0 Å². The van der Waals surface area contributed by atoms with Gasteiger partial charge < -0.3 is 10.2 Å². The van der Waals surface area contributed by atoms with E-state index in [0.717, 1.165) is 18.5 Å². The molecule has 0 spiro atoms. The standard InChI is InChI=1S/C15H17N5O2S/c21-13-7-4-8-20(13)9-12(11-5-2-1-3-6-11)17-14(22)18-15-19-16-10-23-15/h1-3,5-6,10,12H,4,7-9H2,(H2,17,18,19,22)/t12-/m1/s1. The quantitative estimate of drug-likeness (QED) is 0.877. The third-order valence-corrected chi connectivity index (χ3v) is 4.27. The summed E-state index contributed by atoms with van der Waals surface area (Å²) in [7, 11) is 0. The van der Waals surface area contributed by atoms with Gasteiger partial charge in [-0.1, -0.05) is 41.7 Å². The minimum absolute atomic E-state index is 0.136. The second-order valence-corrected chi connectivity index (χ2v) is 6.08. The highest BCUT2D eigenvalue weighted by Crippen LogP contribution is 2.19. The van der Waals surface area contributed by atoms with Gasteiger partial charge in [-0.2, -0.15) is 0 Å². The van der Waals surface area contributed by atoms with Crippen molar-refractivity contribution in [1.29, 1.82) is 0 Å². The lowest BCUT2D eigenvalue weighted by Crippen LogP contribution is -2.40. The van der Waals surface area contributed by atoms with Gasteiger partial charge in [0.2, 0.25) is 11.0 Å². The summed E-state index contributed by atoms with van der Waals surface area (Å²) < 4.78 is 0. The van der Waals surface area contributed by atoms with E-state index >= 15 is 0 Å². The van der Waals surface area contributed by atoms with E-state index in [-0.39, 0.29) is 18.0 Å². The number of likely N-dealkylation sites (tertiary alicyclic amines) is 1. The number of benzene rings is 1. The molecule has 1 aromatic carbocycles. The van der Waals surface area contributed by atoms with Crippen LogP contribution in [0, 0.1) is 0 Å². The maximum Gasteiger partial charge on any atom is 0.321 e. The molecule has 7 nitrogen and oxygen atoms in total. The van der Waals surface area contributed by atoms with Gasteiger partial charge >= 0.3 is 6.03 Å². The van der Waals surface area contributed by atoms with E-state index in [2.05, 4.69) is 20.8 Å². The van der Waals surface area contributed by atoms with E-state index < -0.39 is 0 Å². The van der Waals surface area contributed by atoms with Gasteiger partial charge in [-0.05, 0) is 12.0 Å². The molecule has 1 atom stereocenters. The smallest absolute Gasteiger partial charge is 0.321 e. The Bertz CT molecular complexity index is 662. The molecule has 1 saturated heterocycles. The summed E-state index contributed by atoms with van der Waals surface area (Å²) in [5.74, 6) is 0.136. The molecule has 1 aliphatic heterocycles. The van der Waals surface area contributed by atoms with Crippen molar-refractivity contribution in [3.05, 3.63) is 41.4 Å². The van der Waals surface area contributed by atoms with E-state index in [1.165, 1.54) is 11.3 Å². The molecule has 1 fully saturated rings. The van der Waals surface area contributed by atoms with Crippen LogP contribution in [-0.2, 0) is 4.79 Å². The second-order valence-electron chi connectivity index (χ2n) is 5.25. The first-order chi connectivity index (χ1) is 11.2. The predicted molar refractivity (Wildman–Crippen MR) is 87.1 cm³/mol. The molecule has 0 radical (unpaired) electrons. The molecule has 1 aliphatic rings. The zero-order chi connectivity index (χ0) is 16.1. The Morgan fingerprint density at radius 1 is 1.35 bits per heavy atom. The molecule has 2 heterocycles. The number of urea groups is 1. The number of aromatic nitrogens is 2. The van der Waals surface area contributed by atoms with Crippen LogP contribution in [0.2, 0.25) is 0 Å². The highest BCUT2D eigenvalue weighted by molar-refractivity contribution is 7.13. The van der Waals surface area contributed by atoms with Gasteiger partial charge in [0.1, 0.15) is 5.51 Å². The highest BCUT2D eigenvalue weighted by Gasteiger charge is 2.25. The fourth-order valence-electron chi connectivity index (χ4n) is 2.56. The molecule has 3 rings (SSSR count). The zero-order valence-corrected chi connectivity index (χ0v) is 13.3. The summed E-state index contributed by atoms with van der Waals surface area (Å²) in [5, 5.41) is 13.5. The van der Waals surface area contributed by atoms with Crippen LogP contribution in [0.3, 0.4) is 0 Å². The Kier molecular flexibility index (Phi) is 4.82. The average Bonchev–Trinajstić information content (AvgIpc) is 3.20. The Hall–Kier alpha value is -2.48. The van der Waals surface area contributed by atoms with Crippen LogP contribution in [0.25, 0.3) is 0 Å². The maximum absolute atomic E-state index is 12.2. The largest absolute Gasteiger partial charge is 0.340 e.